The third-order valence-electron chi connectivity index (χ3n) is 4.61. The van der Waals surface area contributed by atoms with E-state index in [0.717, 1.165) is 24.5 Å². The summed E-state index contributed by atoms with van der Waals surface area (Å²) in [5, 5.41) is 10.2. The highest BCUT2D eigenvalue weighted by Crippen LogP contribution is 2.37. The van der Waals surface area contributed by atoms with E-state index in [1.165, 1.54) is 11.1 Å². The van der Waals surface area contributed by atoms with Gasteiger partial charge in [0.1, 0.15) is 5.56 Å². The first-order valence-corrected chi connectivity index (χ1v) is 10.3. The summed E-state index contributed by atoms with van der Waals surface area (Å²) in [7, 11) is 1.91. The van der Waals surface area contributed by atoms with Gasteiger partial charge >= 0.3 is 0 Å². The lowest BCUT2D eigenvalue weighted by Crippen LogP contribution is -2.39. The SMILES string of the molecule is CNCCNc1ccc(Nc2ncc3c(n2)OCN(c2c(Cl)cccc2Cl)C3=O)cc1.Cl. The number of nitrogens with zero attached hydrogens (tertiary/aromatic N) is 3. The Morgan fingerprint density at radius 1 is 1.06 bits per heavy atom. The van der Waals surface area contributed by atoms with Gasteiger partial charge in [-0.1, -0.05) is 29.3 Å². The highest BCUT2D eigenvalue weighted by atomic mass is 35.5. The first-order chi connectivity index (χ1) is 15.1. The van der Waals surface area contributed by atoms with Crippen LogP contribution in [0.3, 0.4) is 0 Å². The Hall–Kier alpha value is -2.78. The zero-order chi connectivity index (χ0) is 21.8. The summed E-state index contributed by atoms with van der Waals surface area (Å²) in [6.07, 6.45) is 1.43. The number of fused-ring (bicyclic) bond motifs is 1. The number of nitrogens with one attached hydrogen (secondary N) is 3. The topological polar surface area (TPSA) is 91.4 Å². The molecule has 1 aliphatic rings. The average Bonchev–Trinajstić information content (AvgIpc) is 2.76. The van der Waals surface area contributed by atoms with E-state index >= 15 is 0 Å². The number of halogens is 3. The molecule has 0 bridgehead atoms. The summed E-state index contributed by atoms with van der Waals surface area (Å²) >= 11 is 12.5. The lowest BCUT2D eigenvalue weighted by molar-refractivity contribution is 0.0932. The molecule has 11 heteroatoms. The zero-order valence-corrected chi connectivity index (χ0v) is 19.4. The average molecular weight is 496 g/mol. The molecule has 2 aromatic carbocycles. The van der Waals surface area contributed by atoms with Crippen LogP contribution in [0.1, 0.15) is 10.4 Å². The minimum Gasteiger partial charge on any atom is -0.455 e. The minimum absolute atomic E-state index is 0. The molecular weight excluding hydrogens is 475 g/mol. The van der Waals surface area contributed by atoms with E-state index in [1.807, 2.05) is 31.3 Å². The van der Waals surface area contributed by atoms with E-state index in [2.05, 4.69) is 25.9 Å². The van der Waals surface area contributed by atoms with E-state index in [9.17, 15) is 4.79 Å². The second-order valence-electron chi connectivity index (χ2n) is 6.72. The van der Waals surface area contributed by atoms with Crippen molar-refractivity contribution in [1.29, 1.82) is 0 Å². The highest BCUT2D eigenvalue weighted by Gasteiger charge is 2.31. The molecule has 168 valence electrons. The number of amides is 1. The smallest absolute Gasteiger partial charge is 0.268 e. The Kier molecular flexibility index (Phi) is 7.98. The van der Waals surface area contributed by atoms with Gasteiger partial charge < -0.3 is 20.7 Å². The summed E-state index contributed by atoms with van der Waals surface area (Å²) in [4.78, 5) is 22.9. The molecule has 0 spiro atoms. The Labute approximate surface area is 201 Å². The predicted octanol–water partition coefficient (Wildman–Crippen LogP) is 4.58. The third kappa shape index (κ3) is 5.16. The monoisotopic (exact) mass is 494 g/mol. The first kappa shape index (κ1) is 23.9. The van der Waals surface area contributed by atoms with Crippen LogP contribution in [0.25, 0.3) is 0 Å². The van der Waals surface area contributed by atoms with Crippen LogP contribution < -0.4 is 25.6 Å². The number of carbonyl (C=O) groups is 1. The van der Waals surface area contributed by atoms with E-state index in [0.29, 0.717) is 21.7 Å². The van der Waals surface area contributed by atoms with Gasteiger partial charge in [0, 0.05) is 30.7 Å². The Morgan fingerprint density at radius 3 is 2.44 bits per heavy atom. The van der Waals surface area contributed by atoms with Gasteiger partial charge in [-0.05, 0) is 43.4 Å². The van der Waals surface area contributed by atoms with Crippen molar-refractivity contribution < 1.29 is 9.53 Å². The lowest BCUT2D eigenvalue weighted by atomic mass is 10.2. The van der Waals surface area contributed by atoms with E-state index in [1.54, 1.807) is 18.2 Å². The minimum atomic E-state index is -0.334. The number of benzene rings is 2. The van der Waals surface area contributed by atoms with Crippen molar-refractivity contribution in [3.8, 4) is 5.88 Å². The van der Waals surface area contributed by atoms with Crippen molar-refractivity contribution in [2.45, 2.75) is 0 Å². The number of carbonyl (C=O) groups excluding carboxylic acids is 1. The summed E-state index contributed by atoms with van der Waals surface area (Å²) in [5.74, 6) is 0.193. The molecule has 0 aliphatic carbocycles. The van der Waals surface area contributed by atoms with Crippen molar-refractivity contribution in [3.63, 3.8) is 0 Å². The van der Waals surface area contributed by atoms with Crippen molar-refractivity contribution in [3.05, 3.63) is 64.3 Å². The number of anilines is 4. The Bertz CT molecular complexity index is 1080. The second kappa shape index (κ2) is 10.7. The fourth-order valence-electron chi connectivity index (χ4n) is 3.06. The van der Waals surface area contributed by atoms with Crippen LogP contribution in [0.15, 0.2) is 48.7 Å². The fourth-order valence-corrected chi connectivity index (χ4v) is 3.66. The molecular formula is C21H21Cl3N6O2. The quantitative estimate of drug-likeness (QED) is 0.413. The van der Waals surface area contributed by atoms with E-state index < -0.39 is 0 Å². The maximum Gasteiger partial charge on any atom is 0.268 e. The summed E-state index contributed by atoms with van der Waals surface area (Å²) in [5.41, 5.74) is 2.45. The zero-order valence-electron chi connectivity index (χ0n) is 17.1. The largest absolute Gasteiger partial charge is 0.455 e. The van der Waals surface area contributed by atoms with Crippen molar-refractivity contribution in [1.82, 2.24) is 15.3 Å². The van der Waals surface area contributed by atoms with Crippen LogP contribution in [0.4, 0.5) is 23.0 Å². The number of ether oxygens (including phenoxy) is 1. The molecule has 0 unspecified atom stereocenters. The number of para-hydroxylation sites is 1. The van der Waals surface area contributed by atoms with Gasteiger partial charge in [0.05, 0.1) is 15.7 Å². The highest BCUT2D eigenvalue weighted by molar-refractivity contribution is 6.40. The van der Waals surface area contributed by atoms with Crippen LogP contribution in [-0.4, -0.2) is 42.7 Å². The third-order valence-corrected chi connectivity index (χ3v) is 5.22. The van der Waals surface area contributed by atoms with Crippen LogP contribution in [0.2, 0.25) is 10.0 Å². The van der Waals surface area contributed by atoms with Crippen LogP contribution >= 0.6 is 35.6 Å². The molecule has 1 aromatic heterocycles. The maximum atomic E-state index is 13.0. The van der Waals surface area contributed by atoms with Gasteiger partial charge in [-0.3, -0.25) is 9.69 Å². The molecule has 3 aromatic rings. The maximum absolute atomic E-state index is 13.0. The Morgan fingerprint density at radius 2 is 1.75 bits per heavy atom. The molecule has 32 heavy (non-hydrogen) atoms. The van der Waals surface area contributed by atoms with Gasteiger partial charge in [0.2, 0.25) is 11.8 Å². The molecule has 0 saturated carbocycles. The van der Waals surface area contributed by atoms with Crippen molar-refractivity contribution in [2.75, 3.05) is 42.4 Å². The molecule has 0 fully saturated rings. The number of hydrogen-bond acceptors (Lipinski definition) is 7. The van der Waals surface area contributed by atoms with Crippen LogP contribution in [-0.2, 0) is 0 Å². The molecule has 0 radical (unpaired) electrons. The van der Waals surface area contributed by atoms with Crippen LogP contribution in [0, 0.1) is 0 Å². The molecule has 3 N–H and O–H groups in total. The van der Waals surface area contributed by atoms with Gasteiger partial charge in [0.25, 0.3) is 5.91 Å². The fraction of sp³-hybridized carbons (Fsp3) is 0.190. The molecule has 0 atom stereocenters. The number of rotatable bonds is 7. The second-order valence-corrected chi connectivity index (χ2v) is 7.54. The number of hydrogen-bond donors (Lipinski definition) is 3. The lowest BCUT2D eigenvalue weighted by Gasteiger charge is -2.29. The molecule has 0 saturated heterocycles. The van der Waals surface area contributed by atoms with Gasteiger partial charge in [0.15, 0.2) is 6.73 Å². The molecule has 2 heterocycles. The Balaban J connectivity index is 0.00000289. The van der Waals surface area contributed by atoms with Gasteiger partial charge in [-0.15, -0.1) is 12.4 Å². The normalized spacial score (nSPS) is 12.5. The first-order valence-electron chi connectivity index (χ1n) is 9.58. The predicted molar refractivity (Wildman–Crippen MR) is 130 cm³/mol. The van der Waals surface area contributed by atoms with E-state index in [-0.39, 0.29) is 36.5 Å². The van der Waals surface area contributed by atoms with Crippen molar-refractivity contribution >= 4 is 64.5 Å². The molecule has 8 nitrogen and oxygen atoms in total. The molecule has 1 aliphatic heterocycles. The number of aromatic nitrogens is 2. The summed E-state index contributed by atoms with van der Waals surface area (Å²) in [6.45, 7) is 1.65. The van der Waals surface area contributed by atoms with E-state index in [4.69, 9.17) is 27.9 Å². The van der Waals surface area contributed by atoms with Crippen LogP contribution in [0.5, 0.6) is 5.88 Å². The number of likely N-dealkylation sites (N-methyl/N-ethyl adjacent to an activating group) is 1. The molecule has 1 amide bonds. The van der Waals surface area contributed by atoms with Crippen molar-refractivity contribution in [2.24, 2.45) is 0 Å². The summed E-state index contributed by atoms with van der Waals surface area (Å²) in [6, 6.07) is 12.8. The standard InChI is InChI=1S/C21H20Cl2N6O2.ClH/c1-24-9-10-25-13-5-7-14(8-6-13)27-21-26-11-15-19(28-21)31-12-29(20(15)30)18-16(22)3-2-4-17(18)23;/h2-8,11,24-25H,9-10,12H2,1H3,(H,26,27,28);1H. The molecule has 4 rings (SSSR count). The van der Waals surface area contributed by atoms with Gasteiger partial charge in [-0.25, -0.2) is 4.98 Å². The van der Waals surface area contributed by atoms with Gasteiger partial charge in [-0.2, -0.15) is 4.98 Å². The summed E-state index contributed by atoms with van der Waals surface area (Å²) < 4.78 is 5.70.